The number of thioether (sulfide) groups is 1. The van der Waals surface area contributed by atoms with Gasteiger partial charge in [-0.3, -0.25) is 4.98 Å². The number of aliphatic carboxylic acids is 1. The van der Waals surface area contributed by atoms with E-state index in [2.05, 4.69) is 56.9 Å². The Labute approximate surface area is 228 Å². The minimum Gasteiger partial charge on any atom is -0.479 e. The van der Waals surface area contributed by atoms with Crippen LogP contribution in [0.1, 0.15) is 90.8 Å². The summed E-state index contributed by atoms with van der Waals surface area (Å²) in [7, 11) is 0. The first-order valence-electron chi connectivity index (χ1n) is 13.6. The second kappa shape index (κ2) is 11.8. The molecule has 0 spiro atoms. The molecule has 1 atom stereocenters. The van der Waals surface area contributed by atoms with Gasteiger partial charge in [0.1, 0.15) is 0 Å². The van der Waals surface area contributed by atoms with Gasteiger partial charge in [0.15, 0.2) is 6.10 Å². The predicted octanol–water partition coefficient (Wildman–Crippen LogP) is 8.07. The molecule has 0 aliphatic carbocycles. The highest BCUT2D eigenvalue weighted by Crippen LogP contribution is 2.45. The molecule has 37 heavy (non-hydrogen) atoms. The van der Waals surface area contributed by atoms with E-state index in [4.69, 9.17) is 9.72 Å². The van der Waals surface area contributed by atoms with Crippen LogP contribution in [-0.4, -0.2) is 40.5 Å². The van der Waals surface area contributed by atoms with Gasteiger partial charge in [-0.25, -0.2) is 4.79 Å². The summed E-state index contributed by atoms with van der Waals surface area (Å²) < 4.78 is 6.18. The highest BCUT2D eigenvalue weighted by atomic mass is 32.2. The minimum atomic E-state index is -1.09. The fraction of sp³-hybridized carbons (Fsp3) is 0.613. The molecule has 0 amide bonds. The highest BCUT2D eigenvalue weighted by molar-refractivity contribution is 7.99. The molecule has 1 aliphatic rings. The molecular formula is C31H46N2O3S. The number of hydrogen-bond acceptors (Lipinski definition) is 5. The Hall–Kier alpha value is -2.05. The number of carboxylic acid groups (broad SMARTS) is 1. The van der Waals surface area contributed by atoms with Gasteiger partial charge < -0.3 is 14.7 Å². The summed E-state index contributed by atoms with van der Waals surface area (Å²) in [6, 6.07) is 8.70. The molecule has 6 heteroatoms. The van der Waals surface area contributed by atoms with Gasteiger partial charge >= 0.3 is 5.97 Å². The van der Waals surface area contributed by atoms with Crippen molar-refractivity contribution in [3.8, 4) is 11.1 Å². The lowest BCUT2D eigenvalue weighted by molar-refractivity contribution is -0.160. The molecule has 204 valence electrons. The number of pyridine rings is 1. The lowest BCUT2D eigenvalue weighted by atomic mass is 9.82. The van der Waals surface area contributed by atoms with E-state index in [0.717, 1.165) is 59.9 Å². The fourth-order valence-electron chi connectivity index (χ4n) is 4.89. The van der Waals surface area contributed by atoms with Crippen molar-refractivity contribution in [2.75, 3.05) is 23.7 Å². The minimum absolute atomic E-state index is 0.275. The molecule has 1 fully saturated rings. The van der Waals surface area contributed by atoms with Crippen molar-refractivity contribution >= 4 is 23.4 Å². The van der Waals surface area contributed by atoms with Crippen molar-refractivity contribution < 1.29 is 14.6 Å². The zero-order chi connectivity index (χ0) is 27.5. The molecule has 0 unspecified atom stereocenters. The summed E-state index contributed by atoms with van der Waals surface area (Å²) in [5, 5.41) is 10.3. The molecule has 1 N–H and O–H groups in total. The number of carboxylic acids is 1. The Kier molecular flexibility index (Phi) is 9.39. The Morgan fingerprint density at radius 3 is 2.22 bits per heavy atom. The first-order chi connectivity index (χ1) is 17.2. The second-order valence-corrected chi connectivity index (χ2v) is 13.7. The van der Waals surface area contributed by atoms with Crippen molar-refractivity contribution in [1.29, 1.82) is 0 Å². The Morgan fingerprint density at radius 2 is 1.70 bits per heavy atom. The molecule has 0 bridgehead atoms. The number of hydrogen-bond donors (Lipinski definition) is 1. The monoisotopic (exact) mass is 526 g/mol. The molecule has 3 rings (SSSR count). The Bertz CT molecular complexity index is 1080. The van der Waals surface area contributed by atoms with Crippen LogP contribution in [-0.2, 0) is 9.53 Å². The molecule has 1 aromatic carbocycles. The van der Waals surface area contributed by atoms with E-state index in [-0.39, 0.29) is 5.41 Å². The molecule has 0 saturated carbocycles. The summed E-state index contributed by atoms with van der Waals surface area (Å²) in [4.78, 5) is 21.1. The van der Waals surface area contributed by atoms with Gasteiger partial charge in [0.25, 0.3) is 0 Å². The van der Waals surface area contributed by atoms with Crippen molar-refractivity contribution in [1.82, 2.24) is 4.98 Å². The second-order valence-electron chi connectivity index (χ2n) is 12.6. The van der Waals surface area contributed by atoms with Gasteiger partial charge in [-0.1, -0.05) is 39.8 Å². The number of piperidine rings is 1. The van der Waals surface area contributed by atoms with E-state index < -0.39 is 17.7 Å². The van der Waals surface area contributed by atoms with Crippen LogP contribution in [0.15, 0.2) is 29.2 Å². The molecule has 1 aromatic heterocycles. The van der Waals surface area contributed by atoms with E-state index in [9.17, 15) is 9.90 Å². The number of ether oxygens (including phenoxy) is 1. The third-order valence-corrected chi connectivity index (χ3v) is 8.12. The van der Waals surface area contributed by atoms with E-state index >= 15 is 0 Å². The highest BCUT2D eigenvalue weighted by Gasteiger charge is 2.36. The lowest BCUT2D eigenvalue weighted by Crippen LogP contribution is -2.39. The van der Waals surface area contributed by atoms with Gasteiger partial charge in [-0.2, -0.15) is 0 Å². The number of nitrogens with zero attached hydrogens (tertiary/aromatic N) is 2. The predicted molar refractivity (Wildman–Crippen MR) is 156 cm³/mol. The van der Waals surface area contributed by atoms with Crippen LogP contribution in [0.4, 0.5) is 5.69 Å². The van der Waals surface area contributed by atoms with Crippen LogP contribution in [0.2, 0.25) is 0 Å². The molecule has 2 heterocycles. The van der Waals surface area contributed by atoms with Gasteiger partial charge in [0, 0.05) is 40.5 Å². The molecule has 1 aliphatic heterocycles. The smallest absolute Gasteiger partial charge is 0.337 e. The maximum Gasteiger partial charge on any atom is 0.337 e. The van der Waals surface area contributed by atoms with Crippen LogP contribution in [0.3, 0.4) is 0 Å². The van der Waals surface area contributed by atoms with Gasteiger partial charge in [0.05, 0.1) is 11.3 Å². The topological polar surface area (TPSA) is 62.7 Å². The first kappa shape index (κ1) is 29.5. The van der Waals surface area contributed by atoms with Crippen LogP contribution < -0.4 is 4.90 Å². The number of anilines is 1. The summed E-state index contributed by atoms with van der Waals surface area (Å²) in [5.74, 6) is 0.817. The Morgan fingerprint density at radius 1 is 1.11 bits per heavy atom. The molecule has 2 aromatic rings. The number of aromatic nitrogens is 1. The average molecular weight is 527 g/mol. The third-order valence-electron chi connectivity index (χ3n) is 7.08. The van der Waals surface area contributed by atoms with Gasteiger partial charge in [0.2, 0.25) is 0 Å². The third kappa shape index (κ3) is 7.73. The summed E-state index contributed by atoms with van der Waals surface area (Å²) >= 11 is 1.89. The van der Waals surface area contributed by atoms with Crippen molar-refractivity contribution in [2.45, 2.75) is 98.2 Å². The maximum absolute atomic E-state index is 12.6. The normalized spacial score (nSPS) is 16.8. The van der Waals surface area contributed by atoms with Crippen LogP contribution >= 0.6 is 11.8 Å². The first-order valence-corrected chi connectivity index (χ1v) is 14.6. The fourth-order valence-corrected chi connectivity index (χ4v) is 6.04. The van der Waals surface area contributed by atoms with Crippen LogP contribution in [0.5, 0.6) is 0 Å². The van der Waals surface area contributed by atoms with E-state index in [1.807, 2.05) is 46.4 Å². The molecule has 5 nitrogen and oxygen atoms in total. The Balaban J connectivity index is 2.15. The van der Waals surface area contributed by atoms with Crippen molar-refractivity contribution in [3.63, 3.8) is 0 Å². The van der Waals surface area contributed by atoms with E-state index in [1.165, 1.54) is 11.3 Å². The van der Waals surface area contributed by atoms with Crippen LogP contribution in [0.25, 0.3) is 11.1 Å². The average Bonchev–Trinajstić information content (AvgIpc) is 2.77. The van der Waals surface area contributed by atoms with Crippen molar-refractivity contribution in [3.05, 3.63) is 41.2 Å². The van der Waals surface area contributed by atoms with Crippen molar-refractivity contribution in [2.24, 2.45) is 11.3 Å². The van der Waals surface area contributed by atoms with Gasteiger partial charge in [-0.15, -0.1) is 11.8 Å². The zero-order valence-corrected chi connectivity index (χ0v) is 25.1. The molecule has 1 saturated heterocycles. The van der Waals surface area contributed by atoms with Gasteiger partial charge in [-0.05, 0) is 88.7 Å². The number of rotatable bonds is 9. The standard InChI is InChI=1S/C31H46N2O3S/c1-20(2)14-19-37-24-12-10-23(11-13-24)25-21(3)32-22(4)26(28(29(34)35)36-30(5,6)7)27(25)33-17-15-31(8,9)16-18-33/h10-13,20,28H,14-19H2,1-9H3,(H,34,35)/t28-/m0/s1. The summed E-state index contributed by atoms with van der Waals surface area (Å²) in [6.07, 6.45) is 2.20. The van der Waals surface area contributed by atoms with E-state index in [1.54, 1.807) is 0 Å². The number of carbonyl (C=O) groups is 1. The number of benzene rings is 1. The quantitative estimate of drug-likeness (QED) is 0.333. The molecule has 0 radical (unpaired) electrons. The summed E-state index contributed by atoms with van der Waals surface area (Å²) in [5.41, 5.74) is 5.03. The molecular weight excluding hydrogens is 480 g/mol. The largest absolute Gasteiger partial charge is 0.479 e. The zero-order valence-electron chi connectivity index (χ0n) is 24.3. The van der Waals surface area contributed by atoms with Crippen LogP contribution in [0, 0.1) is 25.2 Å². The number of aryl methyl sites for hydroxylation is 2. The maximum atomic E-state index is 12.6. The SMILES string of the molecule is Cc1nc(C)c([C@H](OC(C)(C)C)C(=O)O)c(N2CCC(C)(C)CC2)c1-c1ccc(SCCC(C)C)cc1. The van der Waals surface area contributed by atoms with E-state index in [0.29, 0.717) is 11.5 Å². The summed E-state index contributed by atoms with van der Waals surface area (Å²) in [6.45, 7) is 20.5. The lowest BCUT2D eigenvalue weighted by Gasteiger charge is -2.41.